The number of methoxy groups -OCH3 is 2. The minimum atomic E-state index is -1.58. The van der Waals surface area contributed by atoms with Gasteiger partial charge in [0.05, 0.1) is 55.2 Å². The summed E-state index contributed by atoms with van der Waals surface area (Å²) in [7, 11) is 3.23. The van der Waals surface area contributed by atoms with E-state index in [1.165, 1.54) is 24.3 Å². The maximum atomic E-state index is 14.0. The molecule has 0 bridgehead atoms. The first-order valence-electron chi connectivity index (χ1n) is 29.9. The van der Waals surface area contributed by atoms with E-state index in [9.17, 15) is 33.9 Å². The largest absolute Gasteiger partial charge is 0.497 e. The number of nitrogens with one attached hydrogen (secondary N) is 1. The zero-order valence-corrected chi connectivity index (χ0v) is 49.8. The summed E-state index contributed by atoms with van der Waals surface area (Å²) in [6.07, 6.45) is -4.86. The number of hydrogen-bond acceptors (Lipinski definition) is 16. The van der Waals surface area contributed by atoms with Crippen molar-refractivity contribution in [3.8, 4) is 11.5 Å². The normalized spacial score (nSPS) is 18.9. The smallest absolute Gasteiger partial charge is 0.338 e. The number of ether oxygens (including phenoxy) is 9. The summed E-state index contributed by atoms with van der Waals surface area (Å²) in [6, 6.07) is 57.5. The molecule has 0 aliphatic carbocycles. The van der Waals surface area contributed by atoms with E-state index in [1.54, 1.807) is 116 Å². The number of amides is 2. The van der Waals surface area contributed by atoms with Gasteiger partial charge >= 0.3 is 23.9 Å². The second kappa shape index (κ2) is 32.2. The maximum absolute atomic E-state index is 14.0. The molecule has 18 nitrogen and oxygen atoms in total. The summed E-state index contributed by atoms with van der Waals surface area (Å²) in [5.74, 6) is -2.08. The molecule has 89 heavy (non-hydrogen) atoms. The summed E-state index contributed by atoms with van der Waals surface area (Å²) >= 11 is 0. The fourth-order valence-corrected chi connectivity index (χ4v) is 10.9. The number of hydrogen-bond donors (Lipinski definition) is 2. The molecule has 464 valence electrons. The summed E-state index contributed by atoms with van der Waals surface area (Å²) in [6.45, 7) is 0.181. The first kappa shape index (κ1) is 64.3. The first-order valence-corrected chi connectivity index (χ1v) is 29.9. The highest BCUT2D eigenvalue weighted by atomic mass is 16.7. The fraction of sp³-hybridized carbons (Fsp3) is 0.324. The third kappa shape index (κ3) is 17.1. The Kier molecular flexibility index (Phi) is 23.2. The van der Waals surface area contributed by atoms with Crippen molar-refractivity contribution >= 4 is 35.7 Å². The third-order valence-electron chi connectivity index (χ3n) is 15.6. The third-order valence-corrected chi connectivity index (χ3v) is 15.6. The molecule has 2 aliphatic heterocycles. The SMILES string of the molecule is COc1ccc(C(OC[C@@H]2C[C@@H](O)CN2C(=O)CCCCCNC(=O)CCCCO[C@H]2OC(COC(=O)c3ccccc3)[C@@H](OC(=O)c3ccccc3)[C@H](OC(=O)c3ccccc3)C2OC(=O)c2ccccc2)(c2ccccc2)c2ccc(OC)cc2)cc1. The molecule has 2 heterocycles. The van der Waals surface area contributed by atoms with Gasteiger partial charge in [0.2, 0.25) is 11.8 Å². The summed E-state index contributed by atoms with van der Waals surface area (Å²) in [5, 5.41) is 13.9. The summed E-state index contributed by atoms with van der Waals surface area (Å²) in [5.41, 5.74) is 2.20. The molecule has 2 fully saturated rings. The number of aliphatic hydroxyl groups excluding tert-OH is 1. The van der Waals surface area contributed by atoms with E-state index < -0.39 is 78.9 Å². The topological polar surface area (TPSA) is 221 Å². The molecular weight excluding hydrogens is 1140 g/mol. The van der Waals surface area contributed by atoms with Gasteiger partial charge in [-0.25, -0.2) is 19.2 Å². The van der Waals surface area contributed by atoms with Gasteiger partial charge < -0.3 is 58.0 Å². The molecule has 18 heteroatoms. The number of carbonyl (C=O) groups is 6. The van der Waals surface area contributed by atoms with E-state index in [0.717, 1.165) is 16.7 Å². The number of unbranched alkanes of at least 4 members (excludes halogenated alkanes) is 3. The molecule has 2 saturated heterocycles. The van der Waals surface area contributed by atoms with Crippen molar-refractivity contribution in [1.82, 2.24) is 10.2 Å². The Hall–Kier alpha value is -9.20. The Morgan fingerprint density at radius 1 is 0.517 bits per heavy atom. The second-order valence-electron chi connectivity index (χ2n) is 21.6. The minimum absolute atomic E-state index is 0.0318. The van der Waals surface area contributed by atoms with Crippen molar-refractivity contribution in [2.75, 3.05) is 47.1 Å². The number of likely N-dealkylation sites (tertiary alicyclic amines) is 1. The number of nitrogens with zero attached hydrogens (tertiary/aromatic N) is 1. The zero-order chi connectivity index (χ0) is 62.4. The molecule has 9 rings (SSSR count). The van der Waals surface area contributed by atoms with Crippen LogP contribution < -0.4 is 14.8 Å². The quantitative estimate of drug-likeness (QED) is 0.0193. The second-order valence-corrected chi connectivity index (χ2v) is 21.6. The number of aliphatic hydroxyl groups is 1. The van der Waals surface area contributed by atoms with E-state index in [1.807, 2.05) is 78.9 Å². The van der Waals surface area contributed by atoms with Crippen molar-refractivity contribution in [1.29, 1.82) is 0 Å². The standard InChI is InChI=1S/C71H74N2O16/c1-81-58-39-35-54(36-40-58)71(53-31-17-7-18-32-53,55-37-41-59(82-2)42-38-55)85-47-56-45-57(74)46-73(56)62(76)34-19-8-21-43-72-61(75)33-20-22-44-83-70-65(89-69(80)52-29-15-6-16-30-52)64(88-68(79)51-27-13-5-14-28-51)63(87-67(78)50-25-11-4-12-26-50)60(86-70)48-84-66(77)49-23-9-3-10-24-49/h3-7,9-18,23-32,35-42,56-57,60,63-65,70,74H,8,19-22,33-34,43-48H2,1-2H3,(H,72,75)/t56-,57+,60?,63+,64-,65?,70-/m0/s1. The van der Waals surface area contributed by atoms with Crippen LogP contribution in [-0.2, 0) is 48.3 Å². The molecule has 2 unspecified atom stereocenters. The number of β-amino-alcohol motifs (C(OH)–C–C–N with tert-alkyl or cyclic N) is 1. The van der Waals surface area contributed by atoms with Crippen LogP contribution in [0.5, 0.6) is 11.5 Å². The van der Waals surface area contributed by atoms with Gasteiger partial charge in [0.1, 0.15) is 29.8 Å². The molecule has 0 aromatic heterocycles. The van der Waals surface area contributed by atoms with Gasteiger partial charge in [-0.1, -0.05) is 134 Å². The molecule has 2 N–H and O–H groups in total. The predicted molar refractivity (Wildman–Crippen MR) is 328 cm³/mol. The Morgan fingerprint density at radius 3 is 1.49 bits per heavy atom. The maximum Gasteiger partial charge on any atom is 0.338 e. The average Bonchev–Trinajstić information content (AvgIpc) is 1.12. The van der Waals surface area contributed by atoms with Crippen molar-refractivity contribution in [2.45, 2.75) is 99.8 Å². The molecule has 2 amide bonds. The summed E-state index contributed by atoms with van der Waals surface area (Å²) < 4.78 is 55.0. The number of carbonyl (C=O) groups excluding carboxylic acids is 6. The lowest BCUT2D eigenvalue weighted by molar-refractivity contribution is -0.298. The monoisotopic (exact) mass is 1210 g/mol. The van der Waals surface area contributed by atoms with Gasteiger partial charge in [0, 0.05) is 32.5 Å². The highest BCUT2D eigenvalue weighted by Crippen LogP contribution is 2.43. The van der Waals surface area contributed by atoms with Gasteiger partial charge in [-0.05, 0) is 122 Å². The molecule has 0 radical (unpaired) electrons. The molecule has 0 spiro atoms. The van der Waals surface area contributed by atoms with E-state index >= 15 is 0 Å². The average molecular weight is 1210 g/mol. The van der Waals surface area contributed by atoms with E-state index in [4.69, 9.17) is 42.6 Å². The Balaban J connectivity index is 0.799. The van der Waals surface area contributed by atoms with Crippen LogP contribution in [0.1, 0.15) is 109 Å². The Bertz CT molecular complexity index is 3330. The Labute approximate surface area is 517 Å². The number of benzene rings is 7. The van der Waals surface area contributed by atoms with Crippen molar-refractivity contribution in [2.24, 2.45) is 0 Å². The zero-order valence-electron chi connectivity index (χ0n) is 49.8. The van der Waals surface area contributed by atoms with Crippen LogP contribution in [0.2, 0.25) is 0 Å². The van der Waals surface area contributed by atoms with Crippen LogP contribution in [0.3, 0.4) is 0 Å². The van der Waals surface area contributed by atoms with Crippen molar-refractivity contribution in [3.63, 3.8) is 0 Å². The lowest BCUT2D eigenvalue weighted by Crippen LogP contribution is -2.63. The molecular formula is C71H74N2O16. The lowest BCUT2D eigenvalue weighted by atomic mass is 9.80. The fourth-order valence-electron chi connectivity index (χ4n) is 10.9. The number of rotatable bonds is 29. The van der Waals surface area contributed by atoms with Gasteiger partial charge in [-0.3, -0.25) is 9.59 Å². The molecule has 7 aromatic rings. The first-order chi connectivity index (χ1) is 43.4. The van der Waals surface area contributed by atoms with Crippen LogP contribution in [-0.4, -0.2) is 136 Å². The number of esters is 4. The van der Waals surface area contributed by atoms with Crippen LogP contribution >= 0.6 is 0 Å². The van der Waals surface area contributed by atoms with Crippen LogP contribution in [0.15, 0.2) is 200 Å². The molecule has 7 atom stereocenters. The summed E-state index contributed by atoms with van der Waals surface area (Å²) in [4.78, 5) is 84.0. The van der Waals surface area contributed by atoms with Gasteiger partial charge in [-0.15, -0.1) is 0 Å². The Morgan fingerprint density at radius 2 is 0.978 bits per heavy atom. The van der Waals surface area contributed by atoms with E-state index in [0.29, 0.717) is 56.6 Å². The van der Waals surface area contributed by atoms with Crippen LogP contribution in [0, 0.1) is 0 Å². The molecule has 2 aliphatic rings. The van der Waals surface area contributed by atoms with Crippen LogP contribution in [0.4, 0.5) is 0 Å². The van der Waals surface area contributed by atoms with E-state index in [2.05, 4.69) is 5.32 Å². The van der Waals surface area contributed by atoms with E-state index in [-0.39, 0.29) is 66.7 Å². The van der Waals surface area contributed by atoms with Crippen molar-refractivity contribution < 1.29 is 76.5 Å². The molecule has 7 aromatic carbocycles. The van der Waals surface area contributed by atoms with Gasteiger partial charge in [0.25, 0.3) is 0 Å². The minimum Gasteiger partial charge on any atom is -0.497 e. The predicted octanol–water partition coefficient (Wildman–Crippen LogP) is 10.1. The highest BCUT2D eigenvalue weighted by Gasteiger charge is 2.54. The van der Waals surface area contributed by atoms with Crippen molar-refractivity contribution in [3.05, 3.63) is 239 Å². The molecule has 0 saturated carbocycles. The highest BCUT2D eigenvalue weighted by molar-refractivity contribution is 5.92. The van der Waals surface area contributed by atoms with Gasteiger partial charge in [0.15, 0.2) is 24.6 Å². The van der Waals surface area contributed by atoms with Crippen LogP contribution in [0.25, 0.3) is 0 Å². The van der Waals surface area contributed by atoms with Gasteiger partial charge in [-0.2, -0.15) is 0 Å². The lowest BCUT2D eigenvalue weighted by Gasteiger charge is -2.44.